The predicted molar refractivity (Wildman–Crippen MR) is 92.0 cm³/mol. The molecule has 0 aromatic carbocycles. The first-order chi connectivity index (χ1) is 10.9. The van der Waals surface area contributed by atoms with E-state index in [-0.39, 0.29) is 12.0 Å². The lowest BCUT2D eigenvalue weighted by Gasteiger charge is -2.28. The molecule has 2 aliphatic rings. The van der Waals surface area contributed by atoms with Crippen molar-refractivity contribution in [3.63, 3.8) is 0 Å². The van der Waals surface area contributed by atoms with Crippen molar-refractivity contribution < 1.29 is 8.78 Å². The summed E-state index contributed by atoms with van der Waals surface area (Å²) in [4.78, 5) is 2.06. The first-order valence-corrected chi connectivity index (χ1v) is 7.92. The van der Waals surface area contributed by atoms with Gasteiger partial charge >= 0.3 is 0 Å². The monoisotopic (exact) mass is 318 g/mol. The molecule has 1 heterocycles. The maximum absolute atomic E-state index is 13.5. The SMILES string of the molecule is CC(C)=C/C(=C\C=N)C1=CC2=C(C=C(C(F)F)C1)N(C)CCC2. The minimum absolute atomic E-state index is 0.146. The third-order valence-electron chi connectivity index (χ3n) is 4.10. The highest BCUT2D eigenvalue weighted by molar-refractivity contribution is 5.72. The molecule has 0 radical (unpaired) electrons. The molecule has 0 aromatic rings. The van der Waals surface area contributed by atoms with Gasteiger partial charge in [-0.15, -0.1) is 0 Å². The Hall–Kier alpha value is -1.97. The van der Waals surface area contributed by atoms with Gasteiger partial charge in [0.2, 0.25) is 0 Å². The fourth-order valence-electron chi connectivity index (χ4n) is 3.03. The number of likely N-dealkylation sites (N-methyl/N-ethyl adjacent to an activating group) is 1. The van der Waals surface area contributed by atoms with Crippen LogP contribution < -0.4 is 0 Å². The highest BCUT2D eigenvalue weighted by Crippen LogP contribution is 2.34. The van der Waals surface area contributed by atoms with E-state index in [1.54, 1.807) is 12.2 Å². The molecule has 1 N–H and O–H groups in total. The van der Waals surface area contributed by atoms with Gasteiger partial charge in [0, 0.05) is 31.1 Å². The van der Waals surface area contributed by atoms with E-state index in [4.69, 9.17) is 5.41 Å². The summed E-state index contributed by atoms with van der Waals surface area (Å²) >= 11 is 0. The van der Waals surface area contributed by atoms with Crippen molar-refractivity contribution in [2.24, 2.45) is 0 Å². The van der Waals surface area contributed by atoms with E-state index in [0.29, 0.717) is 0 Å². The maximum atomic E-state index is 13.5. The van der Waals surface area contributed by atoms with Crippen molar-refractivity contribution in [3.8, 4) is 0 Å². The van der Waals surface area contributed by atoms with E-state index in [2.05, 4.69) is 4.90 Å². The summed E-state index contributed by atoms with van der Waals surface area (Å²) in [6.07, 6.45) is 8.26. The molecule has 0 unspecified atom stereocenters. The third kappa shape index (κ3) is 4.27. The number of rotatable bonds is 4. The zero-order valence-electron chi connectivity index (χ0n) is 14.0. The number of halogens is 2. The Morgan fingerprint density at radius 1 is 1.30 bits per heavy atom. The largest absolute Gasteiger partial charge is 0.374 e. The molecule has 0 atom stereocenters. The molecule has 0 bridgehead atoms. The summed E-state index contributed by atoms with van der Waals surface area (Å²) < 4.78 is 26.9. The summed E-state index contributed by atoms with van der Waals surface area (Å²) in [7, 11) is 1.96. The molecule has 4 heteroatoms. The van der Waals surface area contributed by atoms with Crippen molar-refractivity contribution in [2.45, 2.75) is 39.5 Å². The van der Waals surface area contributed by atoms with Crippen LogP contribution in [0.4, 0.5) is 8.78 Å². The van der Waals surface area contributed by atoms with Crippen molar-refractivity contribution in [3.05, 3.63) is 57.9 Å². The highest BCUT2D eigenvalue weighted by atomic mass is 19.3. The van der Waals surface area contributed by atoms with Crippen LogP contribution in [0.15, 0.2) is 57.9 Å². The number of alkyl halides is 2. The molecule has 0 saturated heterocycles. The predicted octanol–water partition coefficient (Wildman–Crippen LogP) is 5.03. The zero-order valence-corrected chi connectivity index (χ0v) is 14.0. The normalized spacial score (nSPS) is 19.0. The van der Waals surface area contributed by atoms with Crippen LogP contribution in [0.1, 0.15) is 33.1 Å². The van der Waals surface area contributed by atoms with Gasteiger partial charge in [0.25, 0.3) is 6.43 Å². The fraction of sp³-hybridized carbons (Fsp3) is 0.421. The zero-order chi connectivity index (χ0) is 17.0. The summed E-state index contributed by atoms with van der Waals surface area (Å²) in [6, 6.07) is 0. The second-order valence-electron chi connectivity index (χ2n) is 6.31. The number of nitrogens with zero attached hydrogens (tertiary/aromatic N) is 1. The summed E-state index contributed by atoms with van der Waals surface area (Å²) in [6.45, 7) is 4.84. The van der Waals surface area contributed by atoms with Gasteiger partial charge in [-0.1, -0.05) is 17.7 Å². The molecular weight excluding hydrogens is 294 g/mol. The van der Waals surface area contributed by atoms with Gasteiger partial charge in [-0.2, -0.15) is 0 Å². The highest BCUT2D eigenvalue weighted by Gasteiger charge is 2.23. The molecule has 0 saturated carbocycles. The molecule has 1 aliphatic carbocycles. The lowest BCUT2D eigenvalue weighted by molar-refractivity contribution is 0.186. The minimum Gasteiger partial charge on any atom is -0.374 e. The quantitative estimate of drug-likeness (QED) is 0.571. The summed E-state index contributed by atoms with van der Waals surface area (Å²) in [5.41, 5.74) is 4.96. The second-order valence-corrected chi connectivity index (χ2v) is 6.31. The van der Waals surface area contributed by atoms with Gasteiger partial charge in [-0.3, -0.25) is 0 Å². The van der Waals surface area contributed by atoms with Gasteiger partial charge in [0.1, 0.15) is 0 Å². The molecule has 23 heavy (non-hydrogen) atoms. The van der Waals surface area contributed by atoms with Gasteiger partial charge in [0.15, 0.2) is 0 Å². The summed E-state index contributed by atoms with van der Waals surface area (Å²) in [5.74, 6) is 0. The maximum Gasteiger partial charge on any atom is 0.260 e. The van der Waals surface area contributed by atoms with Gasteiger partial charge < -0.3 is 10.3 Å². The molecule has 2 nitrogen and oxygen atoms in total. The van der Waals surface area contributed by atoms with Crippen LogP contribution in [0.25, 0.3) is 0 Å². The van der Waals surface area contributed by atoms with Crippen LogP contribution >= 0.6 is 0 Å². The molecule has 0 fully saturated rings. The van der Waals surface area contributed by atoms with Gasteiger partial charge in [0.05, 0.1) is 0 Å². The Bertz CT molecular complexity index is 630. The lowest BCUT2D eigenvalue weighted by atomic mass is 9.95. The van der Waals surface area contributed by atoms with Gasteiger partial charge in [-0.25, -0.2) is 8.78 Å². The third-order valence-corrected chi connectivity index (χ3v) is 4.10. The molecule has 1 aliphatic heterocycles. The minimum atomic E-state index is -2.46. The van der Waals surface area contributed by atoms with Crippen LogP contribution in [0.3, 0.4) is 0 Å². The number of hydrogen-bond acceptors (Lipinski definition) is 2. The lowest BCUT2D eigenvalue weighted by Crippen LogP contribution is -2.23. The van der Waals surface area contributed by atoms with Crippen LogP contribution in [0.2, 0.25) is 0 Å². The first-order valence-electron chi connectivity index (χ1n) is 7.92. The average Bonchev–Trinajstić information content (AvgIpc) is 2.67. The number of nitrogens with one attached hydrogen (secondary N) is 1. The van der Waals surface area contributed by atoms with E-state index in [9.17, 15) is 8.78 Å². The average molecular weight is 318 g/mol. The van der Waals surface area contributed by atoms with E-state index in [1.165, 1.54) is 6.21 Å². The van der Waals surface area contributed by atoms with Crippen molar-refractivity contribution >= 4 is 6.21 Å². The van der Waals surface area contributed by atoms with Crippen molar-refractivity contribution in [1.82, 2.24) is 4.90 Å². The van der Waals surface area contributed by atoms with Crippen molar-refractivity contribution in [2.75, 3.05) is 13.6 Å². The van der Waals surface area contributed by atoms with Crippen LogP contribution in [-0.2, 0) is 0 Å². The Kier molecular flexibility index (Phi) is 5.69. The van der Waals surface area contributed by atoms with Crippen molar-refractivity contribution in [1.29, 1.82) is 5.41 Å². The fourth-order valence-corrected chi connectivity index (χ4v) is 3.03. The van der Waals surface area contributed by atoms with E-state index >= 15 is 0 Å². The van der Waals surface area contributed by atoms with Gasteiger partial charge in [-0.05, 0) is 62.0 Å². The first kappa shape index (κ1) is 17.4. The van der Waals surface area contributed by atoms with E-state index in [1.807, 2.05) is 33.0 Å². The van der Waals surface area contributed by atoms with E-state index in [0.717, 1.165) is 47.4 Å². The molecule has 0 amide bonds. The Morgan fingerprint density at radius 2 is 2.04 bits per heavy atom. The molecule has 0 aromatic heterocycles. The Morgan fingerprint density at radius 3 is 2.65 bits per heavy atom. The molecule has 0 spiro atoms. The van der Waals surface area contributed by atoms with Crippen LogP contribution in [0.5, 0.6) is 0 Å². The van der Waals surface area contributed by atoms with Crippen LogP contribution in [0, 0.1) is 5.41 Å². The summed E-state index contributed by atoms with van der Waals surface area (Å²) in [5, 5.41) is 7.36. The number of allylic oxidation sites excluding steroid dienone is 9. The Labute approximate surface area is 137 Å². The smallest absolute Gasteiger partial charge is 0.260 e. The van der Waals surface area contributed by atoms with Crippen LogP contribution in [-0.4, -0.2) is 31.1 Å². The molecule has 2 rings (SSSR count). The molecular formula is C19H24F2N2. The number of hydrogen-bond donors (Lipinski definition) is 1. The van der Waals surface area contributed by atoms with E-state index < -0.39 is 6.43 Å². The second kappa shape index (κ2) is 7.53. The standard InChI is InChI=1S/C19H24F2N2/c1-13(2)9-14(6-7-22)16-10-15-5-4-8-23(3)18(15)12-17(11-16)19(20)21/h6-7,9-10,12,19,22H,4-5,8,11H2,1-3H3/b14-6+,22-7?. The Balaban J connectivity index is 2.56. The topological polar surface area (TPSA) is 27.1 Å². The molecule has 124 valence electrons.